The molecule has 2 aromatic carbocycles. The summed E-state index contributed by atoms with van der Waals surface area (Å²) in [7, 11) is 0. The minimum atomic E-state index is -0.0904. The number of hydrogen-bond acceptors (Lipinski definition) is 3. The zero-order chi connectivity index (χ0) is 17.9. The van der Waals surface area contributed by atoms with Gasteiger partial charge in [0.15, 0.2) is 0 Å². The molecule has 26 heavy (non-hydrogen) atoms. The molecule has 1 fully saturated rings. The van der Waals surface area contributed by atoms with Gasteiger partial charge in [0.2, 0.25) is 5.91 Å². The summed E-state index contributed by atoms with van der Waals surface area (Å²) in [5.74, 6) is 0.774. The third kappa shape index (κ3) is 3.45. The standard InChI is InChI=1S/C21H24N2O2S/c24-19(22-12-13-26-16-8-2-1-3-9-16)14-23-18-11-5-7-15-6-4-10-17(20(15)18)21(23)25/h4-7,10-11,16H,1-3,8-9,12-14H2,(H,22,24). The Morgan fingerprint density at radius 2 is 1.88 bits per heavy atom. The summed E-state index contributed by atoms with van der Waals surface area (Å²) in [6.07, 6.45) is 6.67. The van der Waals surface area contributed by atoms with Crippen LogP contribution < -0.4 is 10.2 Å². The fraction of sp³-hybridized carbons (Fsp3) is 0.429. The van der Waals surface area contributed by atoms with Crippen LogP contribution >= 0.6 is 11.8 Å². The Labute approximate surface area is 158 Å². The van der Waals surface area contributed by atoms with E-state index in [1.165, 1.54) is 32.1 Å². The Bertz CT molecular complexity index is 825. The maximum atomic E-state index is 12.7. The zero-order valence-corrected chi connectivity index (χ0v) is 15.7. The van der Waals surface area contributed by atoms with Crippen molar-refractivity contribution < 1.29 is 9.59 Å². The molecule has 0 bridgehead atoms. The van der Waals surface area contributed by atoms with E-state index in [1.54, 1.807) is 4.90 Å². The number of benzene rings is 2. The average Bonchev–Trinajstić information content (AvgIpc) is 2.94. The summed E-state index contributed by atoms with van der Waals surface area (Å²) in [4.78, 5) is 26.6. The molecule has 2 aliphatic rings. The fourth-order valence-electron chi connectivity index (χ4n) is 3.98. The third-order valence-electron chi connectivity index (χ3n) is 5.28. The lowest BCUT2D eigenvalue weighted by Crippen LogP contribution is -2.39. The molecule has 4 rings (SSSR count). The molecule has 1 saturated carbocycles. The lowest BCUT2D eigenvalue weighted by Gasteiger charge is -2.21. The fourth-order valence-corrected chi connectivity index (χ4v) is 5.20. The lowest BCUT2D eigenvalue weighted by atomic mass is 10.0. The van der Waals surface area contributed by atoms with Gasteiger partial charge >= 0.3 is 0 Å². The number of carbonyl (C=O) groups is 2. The van der Waals surface area contributed by atoms with E-state index in [9.17, 15) is 9.59 Å². The van der Waals surface area contributed by atoms with Crippen LogP contribution in [-0.2, 0) is 4.79 Å². The van der Waals surface area contributed by atoms with Crippen LogP contribution in [0.5, 0.6) is 0 Å². The number of rotatable bonds is 6. The van der Waals surface area contributed by atoms with E-state index in [4.69, 9.17) is 0 Å². The van der Waals surface area contributed by atoms with Crippen molar-refractivity contribution in [1.82, 2.24) is 5.32 Å². The van der Waals surface area contributed by atoms with Gasteiger partial charge in [-0.2, -0.15) is 11.8 Å². The summed E-state index contributed by atoms with van der Waals surface area (Å²) >= 11 is 1.97. The van der Waals surface area contributed by atoms with E-state index in [-0.39, 0.29) is 18.4 Å². The molecule has 2 aromatic rings. The first-order chi connectivity index (χ1) is 12.7. The van der Waals surface area contributed by atoms with Gasteiger partial charge in [0, 0.05) is 28.5 Å². The van der Waals surface area contributed by atoms with E-state index in [0.29, 0.717) is 12.1 Å². The van der Waals surface area contributed by atoms with E-state index in [2.05, 4.69) is 5.32 Å². The largest absolute Gasteiger partial charge is 0.354 e. The Morgan fingerprint density at radius 3 is 2.69 bits per heavy atom. The second-order valence-corrected chi connectivity index (χ2v) is 8.46. The highest BCUT2D eigenvalue weighted by Crippen LogP contribution is 2.36. The summed E-state index contributed by atoms with van der Waals surface area (Å²) in [6.45, 7) is 0.750. The first-order valence-corrected chi connectivity index (χ1v) is 10.5. The van der Waals surface area contributed by atoms with Crippen LogP contribution in [0, 0.1) is 0 Å². The van der Waals surface area contributed by atoms with Crippen LogP contribution in [-0.4, -0.2) is 35.9 Å². The van der Waals surface area contributed by atoms with Crippen LogP contribution in [0.3, 0.4) is 0 Å². The molecule has 0 unspecified atom stereocenters. The Balaban J connectivity index is 1.32. The molecule has 1 heterocycles. The summed E-state index contributed by atoms with van der Waals surface area (Å²) in [5.41, 5.74) is 1.54. The monoisotopic (exact) mass is 368 g/mol. The molecule has 1 aliphatic heterocycles. The first-order valence-electron chi connectivity index (χ1n) is 9.46. The maximum absolute atomic E-state index is 12.7. The van der Waals surface area contributed by atoms with Gasteiger partial charge in [-0.25, -0.2) is 0 Å². The van der Waals surface area contributed by atoms with Gasteiger partial charge in [-0.1, -0.05) is 43.5 Å². The molecule has 0 saturated heterocycles. The number of carbonyl (C=O) groups excluding carboxylic acids is 2. The number of anilines is 1. The van der Waals surface area contributed by atoms with Crippen LogP contribution in [0.1, 0.15) is 42.5 Å². The lowest BCUT2D eigenvalue weighted by molar-refractivity contribution is -0.119. The first kappa shape index (κ1) is 17.4. The highest BCUT2D eigenvalue weighted by atomic mass is 32.2. The van der Waals surface area contributed by atoms with Gasteiger partial charge in [-0.15, -0.1) is 0 Å². The van der Waals surface area contributed by atoms with Crippen molar-refractivity contribution in [2.45, 2.75) is 37.4 Å². The molecule has 4 nitrogen and oxygen atoms in total. The van der Waals surface area contributed by atoms with Gasteiger partial charge < -0.3 is 5.32 Å². The normalized spacial score (nSPS) is 17.1. The van der Waals surface area contributed by atoms with Gasteiger partial charge in [0.25, 0.3) is 5.91 Å². The van der Waals surface area contributed by atoms with E-state index < -0.39 is 0 Å². The molecule has 2 amide bonds. The van der Waals surface area contributed by atoms with E-state index in [1.807, 2.05) is 48.2 Å². The van der Waals surface area contributed by atoms with Gasteiger partial charge in [0.05, 0.1) is 5.69 Å². The Morgan fingerprint density at radius 1 is 1.12 bits per heavy atom. The molecule has 0 spiro atoms. The van der Waals surface area contributed by atoms with E-state index >= 15 is 0 Å². The number of thioether (sulfide) groups is 1. The summed E-state index contributed by atoms with van der Waals surface area (Å²) in [6, 6.07) is 11.6. The molecule has 0 atom stereocenters. The smallest absolute Gasteiger partial charge is 0.259 e. The number of amides is 2. The Kier molecular flexibility index (Phi) is 5.16. The molecule has 136 valence electrons. The minimum Gasteiger partial charge on any atom is -0.354 e. The highest BCUT2D eigenvalue weighted by Gasteiger charge is 2.30. The molecule has 0 aromatic heterocycles. The van der Waals surface area contributed by atoms with Gasteiger partial charge in [-0.3, -0.25) is 14.5 Å². The van der Waals surface area contributed by atoms with E-state index in [0.717, 1.165) is 27.5 Å². The van der Waals surface area contributed by atoms with Crippen molar-refractivity contribution in [3.63, 3.8) is 0 Å². The molecular weight excluding hydrogens is 344 g/mol. The quantitative estimate of drug-likeness (QED) is 0.785. The molecule has 1 aliphatic carbocycles. The SMILES string of the molecule is O=C(CN1C(=O)c2cccc3cccc1c23)NCCSC1CCCCC1. The van der Waals surface area contributed by atoms with Gasteiger partial charge in [0.1, 0.15) is 6.54 Å². The predicted octanol–water partition coefficient (Wildman–Crippen LogP) is 3.98. The zero-order valence-electron chi connectivity index (χ0n) is 14.9. The third-order valence-corrected chi connectivity index (χ3v) is 6.66. The van der Waals surface area contributed by atoms with Crippen molar-refractivity contribution in [1.29, 1.82) is 0 Å². The van der Waals surface area contributed by atoms with Crippen LogP contribution in [0.25, 0.3) is 10.8 Å². The minimum absolute atomic E-state index is 0.0801. The highest BCUT2D eigenvalue weighted by molar-refractivity contribution is 7.99. The van der Waals surface area contributed by atoms with Crippen LogP contribution in [0.2, 0.25) is 0 Å². The number of nitrogens with one attached hydrogen (secondary N) is 1. The molecule has 0 radical (unpaired) electrons. The van der Waals surface area contributed by atoms with Crippen molar-refractivity contribution in [3.8, 4) is 0 Å². The molecule has 1 N–H and O–H groups in total. The van der Waals surface area contributed by atoms with Gasteiger partial charge in [-0.05, 0) is 30.4 Å². The number of hydrogen-bond donors (Lipinski definition) is 1. The molecule has 5 heteroatoms. The second kappa shape index (κ2) is 7.70. The molecular formula is C21H24N2O2S. The van der Waals surface area contributed by atoms with Crippen molar-refractivity contribution >= 4 is 40.0 Å². The summed E-state index contributed by atoms with van der Waals surface area (Å²) in [5, 5.41) is 5.73. The summed E-state index contributed by atoms with van der Waals surface area (Å²) < 4.78 is 0. The predicted molar refractivity (Wildman–Crippen MR) is 108 cm³/mol. The van der Waals surface area contributed by atoms with Crippen molar-refractivity contribution in [2.24, 2.45) is 0 Å². The van der Waals surface area contributed by atoms with Crippen LogP contribution in [0.4, 0.5) is 5.69 Å². The van der Waals surface area contributed by atoms with Crippen LogP contribution in [0.15, 0.2) is 36.4 Å². The van der Waals surface area contributed by atoms with Crippen molar-refractivity contribution in [2.75, 3.05) is 23.7 Å². The van der Waals surface area contributed by atoms with Crippen molar-refractivity contribution in [3.05, 3.63) is 42.0 Å². The topological polar surface area (TPSA) is 49.4 Å². The second-order valence-electron chi connectivity index (χ2n) is 7.05. The average molecular weight is 369 g/mol. The Hall–Kier alpha value is -2.01. The number of nitrogens with zero attached hydrogens (tertiary/aromatic N) is 1. The maximum Gasteiger partial charge on any atom is 0.259 e.